The SMILES string of the molecule is O=C(CN[C@@H]1Cc2ccc(-c3cccn3C(=O)O)cc2C1)c1ccc(OCC2CC2)cn1. The van der Waals surface area contributed by atoms with E-state index in [0.717, 1.165) is 25.0 Å². The molecule has 2 N–H and O–H groups in total. The van der Waals surface area contributed by atoms with E-state index in [2.05, 4.69) is 22.4 Å². The molecule has 0 amide bonds. The summed E-state index contributed by atoms with van der Waals surface area (Å²) in [6.45, 7) is 0.950. The molecule has 0 unspecified atom stereocenters. The molecule has 0 saturated heterocycles. The van der Waals surface area contributed by atoms with Gasteiger partial charge in [0.2, 0.25) is 0 Å². The molecule has 1 atom stereocenters. The van der Waals surface area contributed by atoms with Crippen LogP contribution in [0, 0.1) is 5.92 Å². The summed E-state index contributed by atoms with van der Waals surface area (Å²) in [5.74, 6) is 1.34. The summed E-state index contributed by atoms with van der Waals surface area (Å²) < 4.78 is 6.90. The molecule has 7 nitrogen and oxygen atoms in total. The van der Waals surface area contributed by atoms with Gasteiger partial charge in [-0.2, -0.15) is 0 Å². The van der Waals surface area contributed by atoms with E-state index in [4.69, 9.17) is 4.74 Å². The van der Waals surface area contributed by atoms with E-state index in [1.165, 1.54) is 28.5 Å². The maximum Gasteiger partial charge on any atom is 0.415 e. The molecule has 5 rings (SSSR count). The summed E-state index contributed by atoms with van der Waals surface area (Å²) in [5, 5.41) is 12.7. The maximum atomic E-state index is 12.5. The van der Waals surface area contributed by atoms with Crippen LogP contribution in [0.1, 0.15) is 34.5 Å². The number of nitrogens with one attached hydrogen (secondary N) is 1. The molecule has 2 heterocycles. The summed E-state index contributed by atoms with van der Waals surface area (Å²) in [4.78, 5) is 28.2. The fourth-order valence-electron chi connectivity index (χ4n) is 4.16. The predicted octanol–water partition coefficient (Wildman–Crippen LogP) is 3.80. The predicted molar refractivity (Wildman–Crippen MR) is 119 cm³/mol. The fraction of sp³-hybridized carbons (Fsp3) is 0.320. The van der Waals surface area contributed by atoms with E-state index in [1.807, 2.05) is 12.1 Å². The minimum absolute atomic E-state index is 0.0466. The Morgan fingerprint density at radius 3 is 2.72 bits per heavy atom. The highest BCUT2D eigenvalue weighted by Crippen LogP contribution is 2.30. The number of ketones is 1. The lowest BCUT2D eigenvalue weighted by atomic mass is 10.0. The third-order valence-electron chi connectivity index (χ3n) is 6.15. The van der Waals surface area contributed by atoms with Crippen LogP contribution >= 0.6 is 0 Å². The first kappa shape index (κ1) is 20.5. The van der Waals surface area contributed by atoms with Gasteiger partial charge >= 0.3 is 6.09 Å². The van der Waals surface area contributed by atoms with Gasteiger partial charge in [0.05, 0.1) is 25.0 Å². The van der Waals surface area contributed by atoms with Crippen LogP contribution in [0.15, 0.2) is 54.9 Å². The maximum absolute atomic E-state index is 12.5. The van der Waals surface area contributed by atoms with Gasteiger partial charge < -0.3 is 15.2 Å². The second kappa shape index (κ2) is 8.59. The van der Waals surface area contributed by atoms with E-state index in [0.29, 0.717) is 23.1 Å². The number of pyridine rings is 1. The topological polar surface area (TPSA) is 93.5 Å². The van der Waals surface area contributed by atoms with Crippen LogP contribution in [-0.4, -0.2) is 45.7 Å². The van der Waals surface area contributed by atoms with Gasteiger partial charge in [0, 0.05) is 12.2 Å². The van der Waals surface area contributed by atoms with E-state index >= 15 is 0 Å². The van der Waals surface area contributed by atoms with Crippen LogP contribution in [0.5, 0.6) is 5.75 Å². The van der Waals surface area contributed by atoms with Crippen molar-refractivity contribution >= 4 is 11.9 Å². The Bertz CT molecular complexity index is 1150. The number of carboxylic acid groups (broad SMARTS) is 1. The third-order valence-corrected chi connectivity index (χ3v) is 6.15. The van der Waals surface area contributed by atoms with Gasteiger partial charge in [-0.25, -0.2) is 9.78 Å². The van der Waals surface area contributed by atoms with E-state index in [9.17, 15) is 14.7 Å². The molecule has 2 aliphatic rings. The molecule has 0 spiro atoms. The van der Waals surface area contributed by atoms with Crippen molar-refractivity contribution < 1.29 is 19.4 Å². The largest absolute Gasteiger partial charge is 0.492 e. The van der Waals surface area contributed by atoms with Crippen molar-refractivity contribution in [3.05, 3.63) is 71.7 Å². The second-order valence-corrected chi connectivity index (χ2v) is 8.57. The minimum Gasteiger partial charge on any atom is -0.492 e. The Morgan fingerprint density at radius 1 is 1.12 bits per heavy atom. The number of benzene rings is 1. The van der Waals surface area contributed by atoms with Gasteiger partial charge in [0.1, 0.15) is 11.4 Å². The molecule has 1 saturated carbocycles. The zero-order valence-corrected chi connectivity index (χ0v) is 17.7. The minimum atomic E-state index is -1.00. The lowest BCUT2D eigenvalue weighted by Gasteiger charge is -2.11. The van der Waals surface area contributed by atoms with Crippen molar-refractivity contribution in [3.8, 4) is 17.0 Å². The van der Waals surface area contributed by atoms with Gasteiger partial charge in [0.25, 0.3) is 0 Å². The highest BCUT2D eigenvalue weighted by molar-refractivity contribution is 5.95. The van der Waals surface area contributed by atoms with Gasteiger partial charge in [-0.05, 0) is 78.6 Å². The quantitative estimate of drug-likeness (QED) is 0.527. The molecular weight excluding hydrogens is 406 g/mol. The molecule has 3 aromatic rings. The monoisotopic (exact) mass is 431 g/mol. The van der Waals surface area contributed by atoms with Crippen LogP contribution in [0.4, 0.5) is 4.79 Å². The fourth-order valence-corrected chi connectivity index (χ4v) is 4.16. The Balaban J connectivity index is 1.17. The summed E-state index contributed by atoms with van der Waals surface area (Å²) >= 11 is 0. The van der Waals surface area contributed by atoms with Crippen molar-refractivity contribution in [2.75, 3.05) is 13.2 Å². The molecule has 164 valence electrons. The number of rotatable bonds is 8. The number of carbonyl (C=O) groups is 2. The lowest BCUT2D eigenvalue weighted by molar-refractivity contribution is 0.0982. The van der Waals surface area contributed by atoms with Crippen LogP contribution in [0.2, 0.25) is 0 Å². The molecule has 32 heavy (non-hydrogen) atoms. The normalized spacial score (nSPS) is 17.2. The second-order valence-electron chi connectivity index (χ2n) is 8.57. The van der Waals surface area contributed by atoms with Crippen molar-refractivity contribution in [2.24, 2.45) is 5.92 Å². The van der Waals surface area contributed by atoms with Crippen molar-refractivity contribution in [3.63, 3.8) is 0 Å². The molecule has 0 bridgehead atoms. The van der Waals surface area contributed by atoms with Crippen molar-refractivity contribution in [1.82, 2.24) is 14.9 Å². The number of nitrogens with zero attached hydrogens (tertiary/aromatic N) is 2. The van der Waals surface area contributed by atoms with E-state index in [-0.39, 0.29) is 18.4 Å². The molecule has 1 aromatic carbocycles. The molecule has 2 aromatic heterocycles. The summed E-state index contributed by atoms with van der Waals surface area (Å²) in [7, 11) is 0. The number of Topliss-reactive ketones (excluding diaryl/α,β-unsaturated/α-hetero) is 1. The molecular formula is C25H25N3O4. The lowest BCUT2D eigenvalue weighted by Crippen LogP contribution is -2.34. The Labute approximate surface area is 186 Å². The first-order valence-corrected chi connectivity index (χ1v) is 10.9. The highest BCUT2D eigenvalue weighted by Gasteiger charge is 2.24. The number of hydrogen-bond donors (Lipinski definition) is 2. The molecule has 0 radical (unpaired) electrons. The standard InChI is InChI=1S/C25H25N3O4/c29-24(22-8-7-21(13-27-22)32-15-16-3-4-16)14-26-20-11-17-5-6-18(10-19(17)12-20)23-2-1-9-28(23)25(30)31/h1-2,5-10,13,16,20,26H,3-4,11-12,14-15H2,(H,30,31)/t20-/m1/s1. The van der Waals surface area contributed by atoms with Crippen LogP contribution in [0.25, 0.3) is 11.3 Å². The Kier molecular flexibility index (Phi) is 5.49. The number of hydrogen-bond acceptors (Lipinski definition) is 5. The summed E-state index contributed by atoms with van der Waals surface area (Å²) in [5.41, 5.74) is 4.37. The van der Waals surface area contributed by atoms with Crippen LogP contribution in [0.3, 0.4) is 0 Å². The first-order valence-electron chi connectivity index (χ1n) is 10.9. The summed E-state index contributed by atoms with van der Waals surface area (Å²) in [6.07, 6.45) is 6.27. The molecule has 2 aliphatic carbocycles. The molecule has 1 fully saturated rings. The molecule has 0 aliphatic heterocycles. The van der Waals surface area contributed by atoms with Crippen LogP contribution < -0.4 is 10.1 Å². The van der Waals surface area contributed by atoms with Gasteiger partial charge in [-0.15, -0.1) is 0 Å². The number of aromatic nitrogens is 2. The smallest absolute Gasteiger partial charge is 0.415 e. The number of ether oxygens (including phenoxy) is 1. The summed E-state index contributed by atoms with van der Waals surface area (Å²) in [6, 6.07) is 13.3. The molecule has 7 heteroatoms. The Hall–Kier alpha value is -3.45. The first-order chi connectivity index (χ1) is 15.6. The van der Waals surface area contributed by atoms with Gasteiger partial charge in [0.15, 0.2) is 5.78 Å². The van der Waals surface area contributed by atoms with Gasteiger partial charge in [-0.3, -0.25) is 9.36 Å². The third kappa shape index (κ3) is 4.43. The van der Waals surface area contributed by atoms with E-state index < -0.39 is 6.09 Å². The Morgan fingerprint density at radius 2 is 1.97 bits per heavy atom. The zero-order valence-electron chi connectivity index (χ0n) is 17.7. The zero-order chi connectivity index (χ0) is 22.1. The highest BCUT2D eigenvalue weighted by atomic mass is 16.5. The van der Waals surface area contributed by atoms with Crippen LogP contribution in [-0.2, 0) is 12.8 Å². The van der Waals surface area contributed by atoms with E-state index in [1.54, 1.807) is 30.6 Å². The average molecular weight is 431 g/mol. The van der Waals surface area contributed by atoms with Crippen molar-refractivity contribution in [1.29, 1.82) is 0 Å². The number of carbonyl (C=O) groups excluding carboxylic acids is 1. The van der Waals surface area contributed by atoms with Gasteiger partial charge in [-0.1, -0.05) is 12.1 Å². The average Bonchev–Trinajstić information content (AvgIpc) is 3.32. The van der Waals surface area contributed by atoms with Crippen molar-refractivity contribution in [2.45, 2.75) is 31.7 Å². The number of fused-ring (bicyclic) bond motifs is 1.